The van der Waals surface area contributed by atoms with Crippen molar-refractivity contribution in [3.05, 3.63) is 18.0 Å². The van der Waals surface area contributed by atoms with Gasteiger partial charge in [0.15, 0.2) is 0 Å². The summed E-state index contributed by atoms with van der Waals surface area (Å²) in [5.74, 6) is -0.955. The van der Waals surface area contributed by atoms with E-state index in [2.05, 4.69) is 10.4 Å². The van der Waals surface area contributed by atoms with Crippen molar-refractivity contribution in [1.29, 1.82) is 0 Å². The predicted octanol–water partition coefficient (Wildman–Crippen LogP) is 0.555. The molecule has 1 amide bonds. The Bertz CT molecular complexity index is 362. The molecule has 2 N–H and O–H groups in total. The van der Waals surface area contributed by atoms with Gasteiger partial charge in [0.25, 0.3) is 0 Å². The summed E-state index contributed by atoms with van der Waals surface area (Å²) < 4.78 is 1.71. The van der Waals surface area contributed by atoms with Gasteiger partial charge in [-0.15, -0.1) is 0 Å². The molecule has 1 heterocycles. The summed E-state index contributed by atoms with van der Waals surface area (Å²) in [5.41, 5.74) is 0.719. The number of nitrogens with zero attached hydrogens (tertiary/aromatic N) is 2. The molecule has 0 saturated carbocycles. The van der Waals surface area contributed by atoms with Crippen LogP contribution >= 0.6 is 0 Å². The molecule has 1 rings (SSSR count). The van der Waals surface area contributed by atoms with Crippen molar-refractivity contribution in [3.8, 4) is 0 Å². The minimum Gasteiger partial charge on any atom is -0.481 e. The molecule has 16 heavy (non-hydrogen) atoms. The maximum absolute atomic E-state index is 10.7. The highest BCUT2D eigenvalue weighted by Gasteiger charge is 2.18. The molecule has 0 aliphatic carbocycles. The molecule has 0 fully saturated rings. The van der Waals surface area contributed by atoms with Crippen LogP contribution in [0.15, 0.2) is 12.3 Å². The van der Waals surface area contributed by atoms with Gasteiger partial charge in [-0.25, -0.2) is 0 Å². The number of aryl methyl sites for hydroxylation is 1. The molecule has 0 unspecified atom stereocenters. The van der Waals surface area contributed by atoms with E-state index in [1.165, 1.54) is 0 Å². The van der Waals surface area contributed by atoms with Crippen LogP contribution in [0.3, 0.4) is 0 Å². The Morgan fingerprint density at radius 1 is 1.75 bits per heavy atom. The van der Waals surface area contributed by atoms with E-state index in [-0.39, 0.29) is 6.42 Å². The maximum Gasteiger partial charge on any atom is 0.305 e. The fraction of sp³-hybridized carbons (Fsp3) is 0.500. The molecule has 6 heteroatoms. The quantitative estimate of drug-likeness (QED) is 0.664. The van der Waals surface area contributed by atoms with Crippen molar-refractivity contribution in [2.24, 2.45) is 0 Å². The zero-order valence-corrected chi connectivity index (χ0v) is 9.09. The number of carboxylic acids is 1. The number of amides is 1. The Kier molecular flexibility index (Phi) is 4.50. The summed E-state index contributed by atoms with van der Waals surface area (Å²) in [6.45, 7) is 2.71. The number of carboxylic acid groups (broad SMARTS) is 1. The van der Waals surface area contributed by atoms with Gasteiger partial charge in [0.1, 0.15) is 0 Å². The average molecular weight is 225 g/mol. The minimum atomic E-state index is -0.955. The molecule has 0 aliphatic rings. The van der Waals surface area contributed by atoms with Crippen molar-refractivity contribution in [3.63, 3.8) is 0 Å². The van der Waals surface area contributed by atoms with Crippen LogP contribution in [0.2, 0.25) is 0 Å². The molecule has 0 aromatic carbocycles. The van der Waals surface area contributed by atoms with Gasteiger partial charge in [0.2, 0.25) is 6.41 Å². The Labute approximate surface area is 93.3 Å². The molecule has 1 aromatic rings. The second kappa shape index (κ2) is 5.89. The first kappa shape index (κ1) is 12.2. The van der Waals surface area contributed by atoms with E-state index in [1.807, 2.05) is 6.92 Å². The number of carbonyl (C=O) groups excluding carboxylic acids is 1. The van der Waals surface area contributed by atoms with Crippen LogP contribution in [0, 0.1) is 0 Å². The highest BCUT2D eigenvalue weighted by molar-refractivity contribution is 5.68. The first-order chi connectivity index (χ1) is 7.69. The van der Waals surface area contributed by atoms with E-state index < -0.39 is 12.0 Å². The second-order valence-corrected chi connectivity index (χ2v) is 3.41. The van der Waals surface area contributed by atoms with Gasteiger partial charge >= 0.3 is 5.97 Å². The topological polar surface area (TPSA) is 84.2 Å². The van der Waals surface area contributed by atoms with Crippen molar-refractivity contribution >= 4 is 12.4 Å². The lowest BCUT2D eigenvalue weighted by molar-refractivity contribution is -0.137. The molecule has 0 saturated heterocycles. The zero-order chi connectivity index (χ0) is 12.0. The normalized spacial score (nSPS) is 12.1. The molecular formula is C10H15N3O3. The van der Waals surface area contributed by atoms with Gasteiger partial charge in [-0.2, -0.15) is 5.10 Å². The molecule has 1 aromatic heterocycles. The first-order valence-corrected chi connectivity index (χ1v) is 5.12. The second-order valence-electron chi connectivity index (χ2n) is 3.41. The van der Waals surface area contributed by atoms with Crippen molar-refractivity contribution in [2.45, 2.75) is 32.4 Å². The Morgan fingerprint density at radius 2 is 2.50 bits per heavy atom. The number of rotatable bonds is 7. The maximum atomic E-state index is 10.7. The van der Waals surface area contributed by atoms with Crippen molar-refractivity contribution in [1.82, 2.24) is 15.1 Å². The third kappa shape index (κ3) is 3.08. The molecule has 0 aliphatic heterocycles. The predicted molar refractivity (Wildman–Crippen MR) is 56.7 cm³/mol. The van der Waals surface area contributed by atoms with Crippen LogP contribution in [0.1, 0.15) is 31.5 Å². The average Bonchev–Trinajstić information content (AvgIpc) is 2.65. The Balaban J connectivity index is 2.86. The fourth-order valence-corrected chi connectivity index (χ4v) is 1.54. The molecular weight excluding hydrogens is 210 g/mol. The van der Waals surface area contributed by atoms with Crippen LogP contribution in [-0.4, -0.2) is 27.3 Å². The first-order valence-electron chi connectivity index (χ1n) is 5.12. The molecule has 1 atom stereocenters. The standard InChI is InChI=1S/C10H15N3O3/c1-2-5-13-9(3-4-12-13)8(11-7-14)6-10(15)16/h3-4,7-8H,2,5-6H2,1H3,(H,11,14)(H,15,16)/t8-/m0/s1. The Morgan fingerprint density at radius 3 is 3.06 bits per heavy atom. The molecule has 0 bridgehead atoms. The van der Waals surface area contributed by atoms with E-state index >= 15 is 0 Å². The van der Waals surface area contributed by atoms with Crippen LogP contribution in [0.4, 0.5) is 0 Å². The van der Waals surface area contributed by atoms with E-state index in [9.17, 15) is 9.59 Å². The minimum absolute atomic E-state index is 0.145. The number of hydrogen-bond acceptors (Lipinski definition) is 3. The number of hydrogen-bond donors (Lipinski definition) is 2. The third-order valence-corrected chi connectivity index (χ3v) is 2.19. The zero-order valence-electron chi connectivity index (χ0n) is 9.09. The van der Waals surface area contributed by atoms with Crippen molar-refractivity contribution < 1.29 is 14.7 Å². The Hall–Kier alpha value is -1.85. The number of nitrogens with one attached hydrogen (secondary N) is 1. The summed E-state index contributed by atoms with van der Waals surface area (Å²) in [7, 11) is 0. The van der Waals surface area contributed by atoms with Crippen LogP contribution in [-0.2, 0) is 16.1 Å². The summed E-state index contributed by atoms with van der Waals surface area (Å²) in [6.07, 6.45) is 2.87. The summed E-state index contributed by atoms with van der Waals surface area (Å²) in [6, 6.07) is 1.20. The molecule has 6 nitrogen and oxygen atoms in total. The van der Waals surface area contributed by atoms with Gasteiger partial charge < -0.3 is 10.4 Å². The SMILES string of the molecule is CCCn1nccc1[C@H](CC(=O)O)NC=O. The monoisotopic (exact) mass is 225 g/mol. The lowest BCUT2D eigenvalue weighted by Crippen LogP contribution is -2.25. The highest BCUT2D eigenvalue weighted by Crippen LogP contribution is 2.16. The van der Waals surface area contributed by atoms with Gasteiger partial charge in [0, 0.05) is 12.7 Å². The van der Waals surface area contributed by atoms with Gasteiger partial charge in [-0.1, -0.05) is 6.92 Å². The van der Waals surface area contributed by atoms with Crippen LogP contribution < -0.4 is 5.32 Å². The third-order valence-electron chi connectivity index (χ3n) is 2.19. The number of aromatic nitrogens is 2. The molecule has 0 spiro atoms. The van der Waals surface area contributed by atoms with E-state index in [0.717, 1.165) is 12.1 Å². The summed E-state index contributed by atoms with van der Waals surface area (Å²) in [4.78, 5) is 21.1. The lowest BCUT2D eigenvalue weighted by Gasteiger charge is -2.15. The summed E-state index contributed by atoms with van der Waals surface area (Å²) >= 11 is 0. The largest absolute Gasteiger partial charge is 0.481 e. The molecule has 88 valence electrons. The number of aliphatic carboxylic acids is 1. The lowest BCUT2D eigenvalue weighted by atomic mass is 10.1. The highest BCUT2D eigenvalue weighted by atomic mass is 16.4. The van der Waals surface area contributed by atoms with Crippen LogP contribution in [0.25, 0.3) is 0 Å². The van der Waals surface area contributed by atoms with Crippen LogP contribution in [0.5, 0.6) is 0 Å². The van der Waals surface area contributed by atoms with Crippen molar-refractivity contribution in [2.75, 3.05) is 0 Å². The number of carbonyl (C=O) groups is 2. The van der Waals surface area contributed by atoms with E-state index in [1.54, 1.807) is 16.9 Å². The van der Waals surface area contributed by atoms with Gasteiger partial charge in [-0.3, -0.25) is 14.3 Å². The van der Waals surface area contributed by atoms with E-state index in [4.69, 9.17) is 5.11 Å². The van der Waals surface area contributed by atoms with E-state index in [0.29, 0.717) is 13.0 Å². The van der Waals surface area contributed by atoms with Gasteiger partial charge in [0.05, 0.1) is 18.2 Å². The van der Waals surface area contributed by atoms with Gasteiger partial charge in [-0.05, 0) is 12.5 Å². The smallest absolute Gasteiger partial charge is 0.305 e. The molecule has 0 radical (unpaired) electrons. The fourth-order valence-electron chi connectivity index (χ4n) is 1.54. The summed E-state index contributed by atoms with van der Waals surface area (Å²) in [5, 5.41) is 15.3.